The molecule has 0 nitrogen and oxygen atoms in total. The average Bonchev–Trinajstić information content (AvgIpc) is 2.54. The van der Waals surface area contributed by atoms with Gasteiger partial charge in [-0.25, -0.2) is 0 Å². The van der Waals surface area contributed by atoms with Gasteiger partial charge in [-0.15, -0.1) is 8.58 Å². The van der Waals surface area contributed by atoms with Gasteiger partial charge in [-0.3, -0.25) is 0 Å². The molecule has 1 heteroatoms. The Hall–Kier alpha value is 0.430. The van der Waals surface area contributed by atoms with E-state index in [-0.39, 0.29) is 0 Å². The van der Waals surface area contributed by atoms with Crippen LogP contribution in [0.3, 0.4) is 0 Å². The zero-order valence-electron chi connectivity index (χ0n) is 15.9. The summed E-state index contributed by atoms with van der Waals surface area (Å²) >= 11 is 0. The number of rotatable bonds is 19. The molecule has 1 atom stereocenters. The Balaban J connectivity index is 2.91. The van der Waals surface area contributed by atoms with Crippen molar-refractivity contribution < 1.29 is 0 Å². The molecule has 0 saturated carbocycles. The third-order valence-electron chi connectivity index (χ3n) is 4.66. The molecule has 0 aromatic rings. The summed E-state index contributed by atoms with van der Waals surface area (Å²) in [5.41, 5.74) is 0. The van der Waals surface area contributed by atoms with Gasteiger partial charge in [-0.2, -0.15) is 0 Å². The van der Waals surface area contributed by atoms with Crippen molar-refractivity contribution in [3.05, 3.63) is 0 Å². The van der Waals surface area contributed by atoms with Crippen LogP contribution in [-0.2, 0) is 0 Å². The van der Waals surface area contributed by atoms with Gasteiger partial charge in [0.15, 0.2) is 0 Å². The smallest absolute Gasteiger partial charge is 0.0353 e. The van der Waals surface area contributed by atoms with Crippen LogP contribution in [0.4, 0.5) is 0 Å². The highest BCUT2D eigenvalue weighted by molar-refractivity contribution is 7.37. The summed E-state index contributed by atoms with van der Waals surface area (Å²) in [7, 11) is 1.26. The summed E-state index contributed by atoms with van der Waals surface area (Å²) in [6.07, 6.45) is 28.0. The first-order chi connectivity index (χ1) is 10.9. The summed E-state index contributed by atoms with van der Waals surface area (Å²) in [6, 6.07) is 0. The second-order valence-electron chi connectivity index (χ2n) is 7.05. The monoisotopic (exact) mass is 328 g/mol. The molecule has 0 heterocycles. The minimum absolute atomic E-state index is 1.26. The molecule has 0 rings (SSSR count). The Kier molecular flexibility index (Phi) is 21.8. The van der Waals surface area contributed by atoms with Crippen LogP contribution in [-0.4, -0.2) is 12.3 Å². The predicted molar refractivity (Wildman–Crippen MR) is 108 cm³/mol. The second-order valence-corrected chi connectivity index (χ2v) is 8.55. The Morgan fingerprint density at radius 2 is 0.636 bits per heavy atom. The maximum absolute atomic E-state index is 2.30. The summed E-state index contributed by atoms with van der Waals surface area (Å²) in [4.78, 5) is 0. The molecule has 0 aromatic heterocycles. The van der Waals surface area contributed by atoms with Crippen molar-refractivity contribution in [1.82, 2.24) is 0 Å². The van der Waals surface area contributed by atoms with E-state index in [4.69, 9.17) is 0 Å². The molecule has 1 unspecified atom stereocenters. The predicted octanol–water partition coefficient (Wildman–Crippen LogP) is 8.34. The summed E-state index contributed by atoms with van der Waals surface area (Å²) in [5.74, 6) is 0. The lowest BCUT2D eigenvalue weighted by Crippen LogP contribution is -1.85. The van der Waals surface area contributed by atoms with Crippen molar-refractivity contribution in [2.24, 2.45) is 0 Å². The van der Waals surface area contributed by atoms with Crippen LogP contribution in [0.15, 0.2) is 0 Å². The zero-order chi connectivity index (χ0) is 16.1. The van der Waals surface area contributed by atoms with E-state index >= 15 is 0 Å². The Morgan fingerprint density at radius 1 is 0.364 bits per heavy atom. The lowest BCUT2D eigenvalue weighted by Gasteiger charge is -2.04. The molecule has 0 aliphatic heterocycles. The molecular weight excluding hydrogens is 283 g/mol. The largest absolute Gasteiger partial charge is 0.122 e. The molecule has 0 bridgehead atoms. The fraction of sp³-hybridized carbons (Fsp3) is 1.00. The van der Waals surface area contributed by atoms with Gasteiger partial charge in [-0.05, 0) is 25.2 Å². The maximum Gasteiger partial charge on any atom is -0.0353 e. The van der Waals surface area contributed by atoms with Gasteiger partial charge in [0.25, 0.3) is 0 Å². The third-order valence-corrected chi connectivity index (χ3v) is 6.08. The summed E-state index contributed by atoms with van der Waals surface area (Å²) in [6.45, 7) is 4.60. The van der Waals surface area contributed by atoms with Gasteiger partial charge in [0, 0.05) is 0 Å². The molecular formula is C21H45P. The van der Waals surface area contributed by atoms with Crippen molar-refractivity contribution in [1.29, 1.82) is 0 Å². The average molecular weight is 329 g/mol. The Bertz CT molecular complexity index is 159. The first-order valence-corrected chi connectivity index (χ1v) is 12.0. The van der Waals surface area contributed by atoms with Crippen LogP contribution in [0.1, 0.15) is 123 Å². The van der Waals surface area contributed by atoms with Crippen molar-refractivity contribution in [2.75, 3.05) is 12.3 Å². The number of unbranched alkanes of at least 4 members (excludes halogenated alkanes) is 15. The van der Waals surface area contributed by atoms with Crippen LogP contribution >= 0.6 is 8.58 Å². The first kappa shape index (κ1) is 22.4. The molecule has 22 heavy (non-hydrogen) atoms. The molecule has 134 valence electrons. The highest BCUT2D eigenvalue weighted by atomic mass is 31.1. The quantitative estimate of drug-likeness (QED) is 0.165. The molecule has 0 spiro atoms. The topological polar surface area (TPSA) is 0 Å². The van der Waals surface area contributed by atoms with Gasteiger partial charge in [0.1, 0.15) is 0 Å². The van der Waals surface area contributed by atoms with Crippen LogP contribution in [0.25, 0.3) is 0 Å². The van der Waals surface area contributed by atoms with E-state index in [9.17, 15) is 0 Å². The van der Waals surface area contributed by atoms with Crippen molar-refractivity contribution >= 4 is 8.58 Å². The molecule has 0 N–H and O–H groups in total. The van der Waals surface area contributed by atoms with E-state index in [1.54, 1.807) is 0 Å². The zero-order valence-corrected chi connectivity index (χ0v) is 16.9. The Labute approximate surface area is 144 Å². The number of hydrogen-bond donors (Lipinski definition) is 0. The normalized spacial score (nSPS) is 11.7. The van der Waals surface area contributed by atoms with E-state index in [2.05, 4.69) is 13.8 Å². The fourth-order valence-electron chi connectivity index (χ4n) is 3.07. The third kappa shape index (κ3) is 20.4. The van der Waals surface area contributed by atoms with E-state index in [1.165, 1.54) is 130 Å². The highest BCUT2D eigenvalue weighted by Gasteiger charge is 1.94. The molecule has 0 aromatic carbocycles. The van der Waals surface area contributed by atoms with Gasteiger partial charge in [0.05, 0.1) is 0 Å². The summed E-state index contributed by atoms with van der Waals surface area (Å²) < 4.78 is 0. The summed E-state index contributed by atoms with van der Waals surface area (Å²) in [5, 5.41) is 0. The first-order valence-electron chi connectivity index (χ1n) is 10.6. The standard InChI is InChI=1S/C21H45P/c1-3-5-7-9-11-13-15-17-19-21-22-20-18-16-14-12-10-8-6-4-2/h22H,3-21H2,1-2H3. The number of hydrogen-bond acceptors (Lipinski definition) is 0. The molecule has 0 saturated heterocycles. The molecule has 0 fully saturated rings. The molecule has 0 aliphatic rings. The van der Waals surface area contributed by atoms with Crippen LogP contribution in [0.5, 0.6) is 0 Å². The Morgan fingerprint density at radius 3 is 0.955 bits per heavy atom. The lowest BCUT2D eigenvalue weighted by atomic mass is 10.1. The minimum atomic E-state index is 1.26. The van der Waals surface area contributed by atoms with E-state index < -0.39 is 0 Å². The van der Waals surface area contributed by atoms with Crippen LogP contribution < -0.4 is 0 Å². The van der Waals surface area contributed by atoms with Crippen molar-refractivity contribution in [2.45, 2.75) is 123 Å². The molecule has 0 amide bonds. The van der Waals surface area contributed by atoms with Crippen molar-refractivity contribution in [3.63, 3.8) is 0 Å². The van der Waals surface area contributed by atoms with Crippen LogP contribution in [0.2, 0.25) is 0 Å². The highest BCUT2D eigenvalue weighted by Crippen LogP contribution is 2.18. The van der Waals surface area contributed by atoms with Gasteiger partial charge < -0.3 is 0 Å². The van der Waals surface area contributed by atoms with Gasteiger partial charge >= 0.3 is 0 Å². The SMILES string of the molecule is CCCCCCCCCCCPCCCCCCCCCC. The lowest BCUT2D eigenvalue weighted by molar-refractivity contribution is 0.573. The minimum Gasteiger partial charge on any atom is -0.122 e. The van der Waals surface area contributed by atoms with E-state index in [1.807, 2.05) is 0 Å². The van der Waals surface area contributed by atoms with Crippen molar-refractivity contribution in [3.8, 4) is 0 Å². The molecule has 0 radical (unpaired) electrons. The van der Waals surface area contributed by atoms with E-state index in [0.29, 0.717) is 0 Å². The maximum atomic E-state index is 2.30. The molecule has 0 aliphatic carbocycles. The van der Waals surface area contributed by atoms with Gasteiger partial charge in [0.2, 0.25) is 0 Å². The van der Waals surface area contributed by atoms with Gasteiger partial charge in [-0.1, -0.05) is 110 Å². The van der Waals surface area contributed by atoms with E-state index in [0.717, 1.165) is 0 Å². The second kappa shape index (κ2) is 21.4. The fourth-order valence-corrected chi connectivity index (χ4v) is 4.32. The van der Waals surface area contributed by atoms with Crippen LogP contribution in [0, 0.1) is 0 Å².